The lowest BCUT2D eigenvalue weighted by Crippen LogP contribution is -2.20. The molecule has 0 unspecified atom stereocenters. The lowest BCUT2D eigenvalue weighted by Gasteiger charge is -2.16. The quantitative estimate of drug-likeness (QED) is 0.859. The first-order valence-electron chi connectivity index (χ1n) is 6.77. The van der Waals surface area contributed by atoms with Crippen LogP contribution in [0.15, 0.2) is 41.0 Å². The van der Waals surface area contributed by atoms with E-state index in [1.165, 1.54) is 12.8 Å². The van der Waals surface area contributed by atoms with E-state index in [1.807, 2.05) is 30.3 Å². The predicted molar refractivity (Wildman–Crippen MR) is 82.0 cm³/mol. The molecule has 0 amide bonds. The average Bonchev–Trinajstić information content (AvgIpc) is 3.02. The molecule has 2 heterocycles. The summed E-state index contributed by atoms with van der Waals surface area (Å²) in [7, 11) is 0. The molecule has 1 aromatic heterocycles. The smallest absolute Gasteiger partial charge is 0.233 e. The maximum Gasteiger partial charge on any atom is 0.233 e. The van der Waals surface area contributed by atoms with Gasteiger partial charge >= 0.3 is 0 Å². The van der Waals surface area contributed by atoms with Crippen molar-refractivity contribution in [2.45, 2.75) is 19.4 Å². The molecule has 0 bridgehead atoms. The molecular weight excluding hydrogens is 318 g/mol. The van der Waals surface area contributed by atoms with Gasteiger partial charge in [0, 0.05) is 13.1 Å². The highest BCUT2D eigenvalue weighted by atomic mass is 79.9. The van der Waals surface area contributed by atoms with Crippen molar-refractivity contribution in [2.24, 2.45) is 0 Å². The molecule has 1 aromatic carbocycles. The van der Waals surface area contributed by atoms with Crippen molar-refractivity contribution in [2.75, 3.05) is 18.0 Å². The number of rotatable bonds is 4. The van der Waals surface area contributed by atoms with Crippen LogP contribution in [0.2, 0.25) is 0 Å². The third-order valence-corrected chi connectivity index (χ3v) is 3.85. The largest absolute Gasteiger partial charge is 0.472 e. The van der Waals surface area contributed by atoms with Crippen LogP contribution in [-0.4, -0.2) is 23.1 Å². The number of benzene rings is 1. The first kappa shape index (κ1) is 13.4. The minimum Gasteiger partial charge on any atom is -0.472 e. The summed E-state index contributed by atoms with van der Waals surface area (Å²) < 4.78 is 6.59. The summed E-state index contributed by atoms with van der Waals surface area (Å²) >= 11 is 3.44. The molecule has 1 saturated heterocycles. The highest BCUT2D eigenvalue weighted by molar-refractivity contribution is 9.10. The second-order valence-corrected chi connectivity index (χ2v) is 5.65. The number of hydrogen-bond donors (Lipinski definition) is 0. The number of nitrogens with zero attached hydrogens (tertiary/aromatic N) is 3. The van der Waals surface area contributed by atoms with Crippen LogP contribution >= 0.6 is 15.9 Å². The summed E-state index contributed by atoms with van der Waals surface area (Å²) in [6.45, 7) is 2.56. The van der Waals surface area contributed by atoms with Crippen LogP contribution in [-0.2, 0) is 6.61 Å². The first-order valence-corrected chi connectivity index (χ1v) is 7.56. The molecule has 1 aliphatic heterocycles. The van der Waals surface area contributed by atoms with Gasteiger partial charge in [-0.05, 0) is 34.3 Å². The Bertz CT molecular complexity index is 571. The van der Waals surface area contributed by atoms with Gasteiger partial charge in [-0.3, -0.25) is 0 Å². The highest BCUT2D eigenvalue weighted by Crippen LogP contribution is 2.26. The molecule has 0 N–H and O–H groups in total. The van der Waals surface area contributed by atoms with Crippen molar-refractivity contribution >= 4 is 21.9 Å². The normalized spacial score (nSPS) is 14.6. The number of anilines is 1. The third kappa shape index (κ3) is 3.10. The molecule has 3 rings (SSSR count). The molecule has 1 fully saturated rings. The zero-order valence-corrected chi connectivity index (χ0v) is 12.7. The molecule has 5 heteroatoms. The SMILES string of the molecule is Brc1cnc(N2CCCC2)nc1OCc1ccccc1. The molecule has 1 aliphatic rings. The Morgan fingerprint density at radius 1 is 1.15 bits per heavy atom. The van der Waals surface area contributed by atoms with E-state index in [-0.39, 0.29) is 0 Å². The molecular formula is C15H16BrN3O. The Labute approximate surface area is 126 Å². The number of hydrogen-bond acceptors (Lipinski definition) is 4. The molecule has 0 saturated carbocycles. The maximum absolute atomic E-state index is 5.80. The van der Waals surface area contributed by atoms with Gasteiger partial charge < -0.3 is 9.64 Å². The van der Waals surface area contributed by atoms with Gasteiger partial charge in [0.25, 0.3) is 0 Å². The van der Waals surface area contributed by atoms with E-state index in [2.05, 4.69) is 30.8 Å². The first-order chi connectivity index (χ1) is 9.83. The fourth-order valence-electron chi connectivity index (χ4n) is 2.24. The summed E-state index contributed by atoms with van der Waals surface area (Å²) in [5.74, 6) is 1.36. The van der Waals surface area contributed by atoms with Crippen molar-refractivity contribution in [3.05, 3.63) is 46.6 Å². The summed E-state index contributed by atoms with van der Waals surface area (Å²) in [5, 5.41) is 0. The van der Waals surface area contributed by atoms with Crippen molar-refractivity contribution in [1.82, 2.24) is 9.97 Å². The second-order valence-electron chi connectivity index (χ2n) is 4.79. The monoisotopic (exact) mass is 333 g/mol. The fourth-order valence-corrected chi connectivity index (χ4v) is 2.54. The van der Waals surface area contributed by atoms with Gasteiger partial charge in [0.2, 0.25) is 11.8 Å². The van der Waals surface area contributed by atoms with Crippen molar-refractivity contribution in [1.29, 1.82) is 0 Å². The van der Waals surface area contributed by atoms with E-state index in [0.29, 0.717) is 12.5 Å². The molecule has 20 heavy (non-hydrogen) atoms. The van der Waals surface area contributed by atoms with E-state index < -0.39 is 0 Å². The van der Waals surface area contributed by atoms with Crippen LogP contribution < -0.4 is 9.64 Å². The summed E-state index contributed by atoms with van der Waals surface area (Å²) in [5.41, 5.74) is 1.13. The van der Waals surface area contributed by atoms with Gasteiger partial charge in [0.1, 0.15) is 6.61 Å². The number of ether oxygens (including phenoxy) is 1. The minimum atomic E-state index is 0.510. The Morgan fingerprint density at radius 2 is 1.90 bits per heavy atom. The fraction of sp³-hybridized carbons (Fsp3) is 0.333. The highest BCUT2D eigenvalue weighted by Gasteiger charge is 2.16. The number of halogens is 1. The molecule has 2 aromatic rings. The molecule has 0 radical (unpaired) electrons. The summed E-state index contributed by atoms with van der Waals surface area (Å²) in [6.07, 6.45) is 4.18. The lowest BCUT2D eigenvalue weighted by atomic mass is 10.2. The summed E-state index contributed by atoms with van der Waals surface area (Å²) in [6, 6.07) is 10.1. The summed E-state index contributed by atoms with van der Waals surface area (Å²) in [4.78, 5) is 11.1. The van der Waals surface area contributed by atoms with Crippen LogP contribution in [0.3, 0.4) is 0 Å². The van der Waals surface area contributed by atoms with Gasteiger partial charge in [0.15, 0.2) is 0 Å². The van der Waals surface area contributed by atoms with Gasteiger partial charge in [-0.15, -0.1) is 0 Å². The standard InChI is InChI=1S/C15H16BrN3O/c16-13-10-17-15(19-8-4-5-9-19)18-14(13)20-11-12-6-2-1-3-7-12/h1-3,6-7,10H,4-5,8-9,11H2. The maximum atomic E-state index is 5.80. The van der Waals surface area contributed by atoms with Crippen LogP contribution in [0, 0.1) is 0 Å². The lowest BCUT2D eigenvalue weighted by molar-refractivity contribution is 0.291. The Hall–Kier alpha value is -1.62. The second kappa shape index (κ2) is 6.22. The Morgan fingerprint density at radius 3 is 2.65 bits per heavy atom. The van der Waals surface area contributed by atoms with Crippen LogP contribution in [0.4, 0.5) is 5.95 Å². The van der Waals surface area contributed by atoms with E-state index in [4.69, 9.17) is 4.74 Å². The minimum absolute atomic E-state index is 0.510. The van der Waals surface area contributed by atoms with Crippen molar-refractivity contribution in [3.8, 4) is 5.88 Å². The Balaban J connectivity index is 1.73. The molecule has 0 aliphatic carbocycles. The van der Waals surface area contributed by atoms with Crippen LogP contribution in [0.1, 0.15) is 18.4 Å². The van der Waals surface area contributed by atoms with Crippen molar-refractivity contribution < 1.29 is 4.74 Å². The topological polar surface area (TPSA) is 38.2 Å². The predicted octanol–water partition coefficient (Wildman–Crippen LogP) is 3.42. The Kier molecular flexibility index (Phi) is 4.16. The van der Waals surface area contributed by atoms with E-state index in [1.54, 1.807) is 6.20 Å². The van der Waals surface area contributed by atoms with Crippen LogP contribution in [0.25, 0.3) is 0 Å². The average molecular weight is 334 g/mol. The molecule has 104 valence electrons. The molecule has 0 atom stereocenters. The van der Waals surface area contributed by atoms with E-state index in [0.717, 1.165) is 29.1 Å². The van der Waals surface area contributed by atoms with Crippen molar-refractivity contribution in [3.63, 3.8) is 0 Å². The van der Waals surface area contributed by atoms with Gasteiger partial charge in [0.05, 0.1) is 10.7 Å². The van der Waals surface area contributed by atoms with Gasteiger partial charge in [-0.1, -0.05) is 30.3 Å². The van der Waals surface area contributed by atoms with Crippen LogP contribution in [0.5, 0.6) is 5.88 Å². The zero-order chi connectivity index (χ0) is 13.8. The van der Waals surface area contributed by atoms with E-state index in [9.17, 15) is 0 Å². The van der Waals surface area contributed by atoms with E-state index >= 15 is 0 Å². The number of aromatic nitrogens is 2. The van der Waals surface area contributed by atoms with Gasteiger partial charge in [-0.25, -0.2) is 4.98 Å². The zero-order valence-electron chi connectivity index (χ0n) is 11.1. The third-order valence-electron chi connectivity index (χ3n) is 3.31. The molecule has 4 nitrogen and oxygen atoms in total. The van der Waals surface area contributed by atoms with Gasteiger partial charge in [-0.2, -0.15) is 4.98 Å². The molecule has 0 spiro atoms.